The molecule has 0 unspecified atom stereocenters. The van der Waals surface area contributed by atoms with E-state index in [1.165, 1.54) is 0 Å². The highest BCUT2D eigenvalue weighted by molar-refractivity contribution is 5.35. The third kappa shape index (κ3) is 3.51. The number of aryl methyl sites for hydroxylation is 3. The second-order valence-corrected chi connectivity index (χ2v) is 4.09. The lowest BCUT2D eigenvalue weighted by Gasteiger charge is -2.07. The molecule has 0 fully saturated rings. The third-order valence-corrected chi connectivity index (χ3v) is 2.60. The maximum Gasteiger partial charge on any atom is 0.129 e. The van der Waals surface area contributed by atoms with E-state index in [1.54, 1.807) is 6.20 Å². The van der Waals surface area contributed by atoms with Crippen molar-refractivity contribution in [1.29, 1.82) is 0 Å². The van der Waals surface area contributed by atoms with Crippen LogP contribution in [-0.4, -0.2) is 31.5 Å². The molecule has 2 aromatic heterocycles. The molecule has 0 radical (unpaired) electrons. The van der Waals surface area contributed by atoms with Gasteiger partial charge in [-0.15, -0.1) is 5.10 Å². The molecule has 18 heavy (non-hydrogen) atoms. The summed E-state index contributed by atoms with van der Waals surface area (Å²) < 4.78 is 1.82. The van der Waals surface area contributed by atoms with Gasteiger partial charge in [0.2, 0.25) is 0 Å². The molecule has 0 saturated carbocycles. The molecule has 0 bridgehead atoms. The first-order valence-corrected chi connectivity index (χ1v) is 6.20. The van der Waals surface area contributed by atoms with Crippen LogP contribution in [-0.2, 0) is 13.0 Å². The smallest absolute Gasteiger partial charge is 0.129 e. The molecule has 6 nitrogen and oxygen atoms in total. The highest BCUT2D eigenvalue weighted by atomic mass is 15.4. The van der Waals surface area contributed by atoms with E-state index in [0.717, 1.165) is 43.3 Å². The molecule has 0 aromatic carbocycles. The zero-order valence-electron chi connectivity index (χ0n) is 10.8. The third-order valence-electron chi connectivity index (χ3n) is 2.60. The maximum atomic E-state index is 4.36. The van der Waals surface area contributed by atoms with Crippen LogP contribution < -0.4 is 5.32 Å². The minimum absolute atomic E-state index is 0.813. The number of aromatic nitrogens is 5. The second kappa shape index (κ2) is 6.09. The highest BCUT2D eigenvalue weighted by Gasteiger charge is 2.00. The first-order chi connectivity index (χ1) is 8.78. The first-order valence-electron chi connectivity index (χ1n) is 6.20. The molecule has 0 aliphatic carbocycles. The lowest BCUT2D eigenvalue weighted by molar-refractivity contribution is 0.569. The second-order valence-electron chi connectivity index (χ2n) is 4.09. The van der Waals surface area contributed by atoms with Crippen LogP contribution in [0.15, 0.2) is 18.5 Å². The van der Waals surface area contributed by atoms with Gasteiger partial charge >= 0.3 is 0 Å². The van der Waals surface area contributed by atoms with E-state index in [9.17, 15) is 0 Å². The van der Waals surface area contributed by atoms with Crippen molar-refractivity contribution in [2.45, 2.75) is 33.2 Å². The number of anilines is 1. The Morgan fingerprint density at radius 2 is 2.22 bits per heavy atom. The summed E-state index contributed by atoms with van der Waals surface area (Å²) in [6, 6.07) is 2.00. The van der Waals surface area contributed by atoms with Crippen molar-refractivity contribution in [3.63, 3.8) is 0 Å². The average Bonchev–Trinajstić information content (AvgIpc) is 2.87. The molecule has 2 rings (SSSR count). The predicted molar refractivity (Wildman–Crippen MR) is 69.3 cm³/mol. The fraction of sp³-hybridized carbons (Fsp3) is 0.500. The quantitative estimate of drug-likeness (QED) is 0.781. The van der Waals surface area contributed by atoms with E-state index in [1.807, 2.05) is 23.9 Å². The molecule has 1 N–H and O–H groups in total. The van der Waals surface area contributed by atoms with Gasteiger partial charge in [-0.05, 0) is 19.8 Å². The maximum absolute atomic E-state index is 4.36. The molecule has 0 aliphatic heterocycles. The normalized spacial score (nSPS) is 10.6. The fourth-order valence-corrected chi connectivity index (χ4v) is 1.71. The van der Waals surface area contributed by atoms with E-state index >= 15 is 0 Å². The van der Waals surface area contributed by atoms with Gasteiger partial charge < -0.3 is 5.32 Å². The first kappa shape index (κ1) is 12.5. The van der Waals surface area contributed by atoms with E-state index in [4.69, 9.17) is 0 Å². The molecule has 6 heteroatoms. The van der Waals surface area contributed by atoms with Gasteiger partial charge in [0, 0.05) is 31.0 Å². The van der Waals surface area contributed by atoms with Crippen molar-refractivity contribution < 1.29 is 0 Å². The lowest BCUT2D eigenvalue weighted by atomic mass is 10.3. The molecule has 0 amide bonds. The Morgan fingerprint density at radius 3 is 2.94 bits per heavy atom. The van der Waals surface area contributed by atoms with Gasteiger partial charge in [-0.3, -0.25) is 4.68 Å². The van der Waals surface area contributed by atoms with Crippen LogP contribution in [0.4, 0.5) is 5.82 Å². The Morgan fingerprint density at radius 1 is 1.33 bits per heavy atom. The Balaban J connectivity index is 1.81. The largest absolute Gasteiger partial charge is 0.370 e. The SMILES string of the molecule is CCc1cc(NCCCn2ccnn2)nc(C)n1. The summed E-state index contributed by atoms with van der Waals surface area (Å²) in [6.45, 7) is 5.73. The molecular weight excluding hydrogens is 228 g/mol. The van der Waals surface area contributed by atoms with Crippen LogP contribution in [0.1, 0.15) is 24.9 Å². The molecule has 0 spiro atoms. The van der Waals surface area contributed by atoms with Gasteiger partial charge in [-0.25, -0.2) is 9.97 Å². The van der Waals surface area contributed by atoms with Gasteiger partial charge in [0.05, 0.1) is 6.20 Å². The van der Waals surface area contributed by atoms with Crippen LogP contribution in [0.25, 0.3) is 0 Å². The lowest BCUT2D eigenvalue weighted by Crippen LogP contribution is -2.09. The number of nitrogens with zero attached hydrogens (tertiary/aromatic N) is 5. The molecule has 0 aliphatic rings. The van der Waals surface area contributed by atoms with Gasteiger partial charge in [0.25, 0.3) is 0 Å². The number of nitrogens with one attached hydrogen (secondary N) is 1. The predicted octanol–water partition coefficient (Wildman–Crippen LogP) is 1.44. The molecule has 2 heterocycles. The number of rotatable bonds is 6. The Hall–Kier alpha value is -1.98. The van der Waals surface area contributed by atoms with Crippen molar-refractivity contribution in [3.8, 4) is 0 Å². The Kier molecular flexibility index (Phi) is 4.22. The summed E-state index contributed by atoms with van der Waals surface area (Å²) in [7, 11) is 0. The molecule has 0 saturated heterocycles. The zero-order chi connectivity index (χ0) is 12.8. The Bertz CT molecular complexity index is 479. The van der Waals surface area contributed by atoms with E-state index in [0.29, 0.717) is 0 Å². The van der Waals surface area contributed by atoms with Crippen LogP contribution in [0.5, 0.6) is 0 Å². The molecule has 2 aromatic rings. The van der Waals surface area contributed by atoms with Crippen LogP contribution in [0.2, 0.25) is 0 Å². The van der Waals surface area contributed by atoms with Crippen LogP contribution in [0, 0.1) is 6.92 Å². The van der Waals surface area contributed by atoms with E-state index in [-0.39, 0.29) is 0 Å². The minimum Gasteiger partial charge on any atom is -0.370 e. The summed E-state index contributed by atoms with van der Waals surface area (Å²) in [5, 5.41) is 11.0. The summed E-state index contributed by atoms with van der Waals surface area (Å²) in [5.74, 6) is 1.71. The van der Waals surface area contributed by atoms with Crippen molar-refractivity contribution in [2.75, 3.05) is 11.9 Å². The van der Waals surface area contributed by atoms with Crippen molar-refractivity contribution in [3.05, 3.63) is 30.0 Å². The Labute approximate surface area is 106 Å². The number of hydrogen-bond acceptors (Lipinski definition) is 5. The summed E-state index contributed by atoms with van der Waals surface area (Å²) >= 11 is 0. The fourth-order valence-electron chi connectivity index (χ4n) is 1.71. The van der Waals surface area contributed by atoms with E-state index in [2.05, 4.69) is 32.5 Å². The topological polar surface area (TPSA) is 68.5 Å². The standard InChI is InChI=1S/C12H18N6/c1-3-11-9-12(16-10(2)15-11)13-5-4-7-18-8-6-14-17-18/h6,8-9H,3-5,7H2,1-2H3,(H,13,15,16). The molecule has 96 valence electrons. The zero-order valence-corrected chi connectivity index (χ0v) is 10.8. The average molecular weight is 246 g/mol. The van der Waals surface area contributed by atoms with Crippen molar-refractivity contribution >= 4 is 5.82 Å². The minimum atomic E-state index is 0.813. The van der Waals surface area contributed by atoms with Crippen molar-refractivity contribution in [1.82, 2.24) is 25.0 Å². The highest BCUT2D eigenvalue weighted by Crippen LogP contribution is 2.07. The molecular formula is C12H18N6. The van der Waals surface area contributed by atoms with Crippen molar-refractivity contribution in [2.24, 2.45) is 0 Å². The van der Waals surface area contributed by atoms with Gasteiger partial charge in [-0.1, -0.05) is 12.1 Å². The molecule has 0 atom stereocenters. The number of hydrogen-bond donors (Lipinski definition) is 1. The summed E-state index contributed by atoms with van der Waals surface area (Å²) in [5.41, 5.74) is 1.07. The summed E-state index contributed by atoms with van der Waals surface area (Å²) in [6.07, 6.45) is 5.46. The monoisotopic (exact) mass is 246 g/mol. The van der Waals surface area contributed by atoms with Gasteiger partial charge in [-0.2, -0.15) is 0 Å². The summed E-state index contributed by atoms with van der Waals surface area (Å²) in [4.78, 5) is 8.71. The van der Waals surface area contributed by atoms with Gasteiger partial charge in [0.15, 0.2) is 0 Å². The van der Waals surface area contributed by atoms with Crippen LogP contribution in [0.3, 0.4) is 0 Å². The van der Waals surface area contributed by atoms with Crippen LogP contribution >= 0.6 is 0 Å². The van der Waals surface area contributed by atoms with Gasteiger partial charge in [0.1, 0.15) is 11.6 Å². The van der Waals surface area contributed by atoms with E-state index < -0.39 is 0 Å².